The molecule has 1 heterocycles. The highest BCUT2D eigenvalue weighted by molar-refractivity contribution is 6.10. The van der Waals surface area contributed by atoms with Crippen LogP contribution in [0.2, 0.25) is 0 Å². The van der Waals surface area contributed by atoms with Gasteiger partial charge in [0.25, 0.3) is 5.91 Å². The van der Waals surface area contributed by atoms with E-state index in [2.05, 4.69) is 42.8 Å². The number of anilines is 1. The predicted molar refractivity (Wildman–Crippen MR) is 152 cm³/mol. The minimum atomic E-state index is -0.462. The third-order valence-electron chi connectivity index (χ3n) is 6.23. The van der Waals surface area contributed by atoms with Crippen LogP contribution in [0.5, 0.6) is 11.5 Å². The van der Waals surface area contributed by atoms with Crippen molar-refractivity contribution in [3.05, 3.63) is 95.7 Å². The first-order valence-electron chi connectivity index (χ1n) is 12.8. The zero-order valence-corrected chi connectivity index (χ0v) is 22.3. The number of aromatic nitrogens is 1. The van der Waals surface area contributed by atoms with Crippen molar-refractivity contribution in [2.45, 2.75) is 39.7 Å². The van der Waals surface area contributed by atoms with Gasteiger partial charge in [0.15, 0.2) is 0 Å². The number of benzene rings is 3. The Morgan fingerprint density at radius 2 is 1.63 bits per heavy atom. The van der Waals surface area contributed by atoms with Crippen molar-refractivity contribution in [1.29, 1.82) is 5.26 Å². The van der Waals surface area contributed by atoms with E-state index in [1.807, 2.05) is 55.6 Å². The second kappa shape index (κ2) is 11.7. The number of rotatable bonds is 9. The summed E-state index contributed by atoms with van der Waals surface area (Å²) < 4.78 is 13.5. The third-order valence-corrected chi connectivity index (χ3v) is 6.23. The molecular formula is C32H33N3O3. The van der Waals surface area contributed by atoms with Crippen LogP contribution in [0, 0.1) is 11.3 Å². The molecule has 3 aromatic carbocycles. The molecule has 0 aliphatic heterocycles. The Morgan fingerprint density at radius 3 is 2.29 bits per heavy atom. The summed E-state index contributed by atoms with van der Waals surface area (Å²) in [6.07, 6.45) is 3.59. The summed E-state index contributed by atoms with van der Waals surface area (Å²) in [5.41, 5.74) is 3.78. The quantitative estimate of drug-likeness (QED) is 0.196. The van der Waals surface area contributed by atoms with Crippen LogP contribution < -0.4 is 14.8 Å². The normalized spacial score (nSPS) is 11.7. The van der Waals surface area contributed by atoms with Crippen molar-refractivity contribution in [3.8, 4) is 17.6 Å². The van der Waals surface area contributed by atoms with Gasteiger partial charge in [-0.15, -0.1) is 0 Å². The first kappa shape index (κ1) is 26.6. The van der Waals surface area contributed by atoms with Crippen molar-refractivity contribution in [3.63, 3.8) is 0 Å². The van der Waals surface area contributed by atoms with E-state index >= 15 is 0 Å². The van der Waals surface area contributed by atoms with Gasteiger partial charge >= 0.3 is 0 Å². The van der Waals surface area contributed by atoms with Crippen LogP contribution in [-0.2, 0) is 16.8 Å². The van der Waals surface area contributed by atoms with Gasteiger partial charge in [0.2, 0.25) is 0 Å². The number of ether oxygens (including phenoxy) is 2. The second-order valence-corrected chi connectivity index (χ2v) is 10.00. The van der Waals surface area contributed by atoms with Crippen molar-refractivity contribution < 1.29 is 14.3 Å². The van der Waals surface area contributed by atoms with Crippen LogP contribution in [0.25, 0.3) is 17.0 Å². The second-order valence-electron chi connectivity index (χ2n) is 10.00. The molecule has 0 spiro atoms. The topological polar surface area (TPSA) is 76.3 Å². The molecular weight excluding hydrogens is 474 g/mol. The Bertz CT molecular complexity index is 1470. The molecule has 1 N–H and O–H groups in total. The van der Waals surface area contributed by atoms with E-state index in [4.69, 9.17) is 9.47 Å². The largest absolute Gasteiger partial charge is 0.494 e. The Kier molecular flexibility index (Phi) is 8.18. The van der Waals surface area contributed by atoms with Crippen LogP contribution in [0.1, 0.15) is 38.8 Å². The Hall–Kier alpha value is -4.50. The van der Waals surface area contributed by atoms with Gasteiger partial charge < -0.3 is 19.4 Å². The number of hydrogen-bond donors (Lipinski definition) is 1. The molecule has 0 saturated carbocycles. The summed E-state index contributed by atoms with van der Waals surface area (Å²) in [5.74, 6) is 1.09. The Labute approximate surface area is 224 Å². The number of nitrogens with one attached hydrogen (secondary N) is 1. The van der Waals surface area contributed by atoms with E-state index < -0.39 is 5.91 Å². The summed E-state index contributed by atoms with van der Waals surface area (Å²) in [6.45, 7) is 10.1. The highest BCUT2D eigenvalue weighted by Crippen LogP contribution is 2.26. The fraction of sp³-hybridized carbons (Fsp3) is 0.250. The van der Waals surface area contributed by atoms with Crippen LogP contribution in [0.15, 0.2) is 84.6 Å². The van der Waals surface area contributed by atoms with Crippen LogP contribution in [0.4, 0.5) is 5.69 Å². The molecule has 0 aliphatic rings. The van der Waals surface area contributed by atoms with Crippen molar-refractivity contribution in [2.24, 2.45) is 0 Å². The summed E-state index contributed by atoms with van der Waals surface area (Å²) in [6, 6.07) is 25.3. The number of para-hydroxylation sites is 1. The maximum absolute atomic E-state index is 12.9. The maximum atomic E-state index is 12.9. The number of fused-ring (bicyclic) bond motifs is 1. The zero-order valence-electron chi connectivity index (χ0n) is 22.3. The van der Waals surface area contributed by atoms with E-state index in [-0.39, 0.29) is 11.0 Å². The molecule has 1 aromatic heterocycles. The molecule has 0 bridgehead atoms. The van der Waals surface area contributed by atoms with Gasteiger partial charge in [-0.2, -0.15) is 5.26 Å². The van der Waals surface area contributed by atoms with E-state index in [9.17, 15) is 10.1 Å². The predicted octanol–water partition coefficient (Wildman–Crippen LogP) is 6.96. The Morgan fingerprint density at radius 1 is 0.974 bits per heavy atom. The van der Waals surface area contributed by atoms with Gasteiger partial charge in [0.05, 0.1) is 13.2 Å². The number of amides is 1. The number of carbonyl (C=O) groups is 1. The Balaban J connectivity index is 1.48. The minimum absolute atomic E-state index is 0.0250. The van der Waals surface area contributed by atoms with Crippen molar-refractivity contribution in [1.82, 2.24) is 4.57 Å². The van der Waals surface area contributed by atoms with E-state index in [0.29, 0.717) is 25.4 Å². The molecule has 4 aromatic rings. The lowest BCUT2D eigenvalue weighted by Gasteiger charge is -2.19. The molecule has 0 radical (unpaired) electrons. The first-order chi connectivity index (χ1) is 18.3. The fourth-order valence-electron chi connectivity index (χ4n) is 4.19. The van der Waals surface area contributed by atoms with Crippen molar-refractivity contribution >= 4 is 28.6 Å². The summed E-state index contributed by atoms with van der Waals surface area (Å²) in [7, 11) is 0. The molecule has 4 rings (SSSR count). The molecule has 0 aliphatic carbocycles. The fourth-order valence-corrected chi connectivity index (χ4v) is 4.19. The average Bonchev–Trinajstić information content (AvgIpc) is 3.25. The molecule has 1 amide bonds. The standard InChI is InChI=1S/C32H33N3O3/c1-5-37-27-16-12-26(13-17-27)34-31(36)23(21-33)20-24-22-35(30-9-7-6-8-29(24)30)18-19-38-28-14-10-25(11-15-28)32(2,3)4/h6-17,20,22H,5,18-19H2,1-4H3,(H,34,36)/b23-20+. The van der Waals surface area contributed by atoms with E-state index in [1.54, 1.807) is 30.3 Å². The zero-order chi connectivity index (χ0) is 27.1. The van der Waals surface area contributed by atoms with Gasteiger partial charge in [0.1, 0.15) is 29.7 Å². The average molecular weight is 508 g/mol. The van der Waals surface area contributed by atoms with E-state index in [1.165, 1.54) is 5.56 Å². The van der Waals surface area contributed by atoms with Crippen LogP contribution >= 0.6 is 0 Å². The lowest BCUT2D eigenvalue weighted by atomic mass is 9.87. The number of carbonyl (C=O) groups excluding carboxylic acids is 1. The molecule has 38 heavy (non-hydrogen) atoms. The number of hydrogen-bond acceptors (Lipinski definition) is 4. The molecule has 0 atom stereocenters. The molecule has 0 unspecified atom stereocenters. The van der Waals surface area contributed by atoms with Crippen molar-refractivity contribution in [2.75, 3.05) is 18.5 Å². The lowest BCUT2D eigenvalue weighted by molar-refractivity contribution is -0.112. The van der Waals surface area contributed by atoms with Gasteiger partial charge in [-0.25, -0.2) is 0 Å². The first-order valence-corrected chi connectivity index (χ1v) is 12.8. The van der Waals surface area contributed by atoms with Gasteiger partial charge in [-0.3, -0.25) is 4.79 Å². The number of nitrogens with zero attached hydrogens (tertiary/aromatic N) is 2. The third kappa shape index (κ3) is 6.43. The SMILES string of the molecule is CCOc1ccc(NC(=O)/C(C#N)=C/c2cn(CCOc3ccc(C(C)(C)C)cc3)c3ccccc23)cc1. The number of nitriles is 1. The smallest absolute Gasteiger partial charge is 0.266 e. The van der Waals surface area contributed by atoms with Gasteiger partial charge in [-0.1, -0.05) is 51.1 Å². The monoisotopic (exact) mass is 507 g/mol. The molecule has 194 valence electrons. The van der Waals surface area contributed by atoms with Gasteiger partial charge in [0, 0.05) is 28.4 Å². The van der Waals surface area contributed by atoms with Crippen LogP contribution in [-0.4, -0.2) is 23.7 Å². The van der Waals surface area contributed by atoms with Gasteiger partial charge in [-0.05, 0) is 66.4 Å². The molecule has 0 fully saturated rings. The summed E-state index contributed by atoms with van der Waals surface area (Å²) >= 11 is 0. The lowest BCUT2D eigenvalue weighted by Crippen LogP contribution is -2.13. The minimum Gasteiger partial charge on any atom is -0.494 e. The van der Waals surface area contributed by atoms with E-state index in [0.717, 1.165) is 28.0 Å². The molecule has 0 saturated heterocycles. The van der Waals surface area contributed by atoms with Crippen LogP contribution in [0.3, 0.4) is 0 Å². The highest BCUT2D eigenvalue weighted by atomic mass is 16.5. The molecule has 6 nitrogen and oxygen atoms in total. The molecule has 6 heteroatoms. The summed E-state index contributed by atoms with van der Waals surface area (Å²) in [4.78, 5) is 12.9. The maximum Gasteiger partial charge on any atom is 0.266 e. The summed E-state index contributed by atoms with van der Waals surface area (Å²) in [5, 5.41) is 13.5. The highest BCUT2D eigenvalue weighted by Gasteiger charge is 2.14.